The summed E-state index contributed by atoms with van der Waals surface area (Å²) < 4.78 is 15.7. The Morgan fingerprint density at radius 1 is 1.35 bits per heavy atom. The average molecular weight is 442 g/mol. The van der Waals surface area contributed by atoms with Crippen LogP contribution in [0.15, 0.2) is 40.2 Å². The molecule has 31 heavy (non-hydrogen) atoms. The topological polar surface area (TPSA) is 123 Å². The molecule has 0 spiro atoms. The fourth-order valence-electron chi connectivity index (χ4n) is 3.15. The molecule has 0 amide bonds. The first kappa shape index (κ1) is 19.3. The summed E-state index contributed by atoms with van der Waals surface area (Å²) >= 11 is 5.97. The molecule has 1 aromatic carbocycles. The van der Waals surface area contributed by atoms with Gasteiger partial charge < -0.3 is 15.4 Å². The van der Waals surface area contributed by atoms with E-state index in [4.69, 9.17) is 11.6 Å². The fourth-order valence-corrected chi connectivity index (χ4v) is 3.35. The van der Waals surface area contributed by atoms with Crippen molar-refractivity contribution in [3.8, 4) is 5.88 Å². The van der Waals surface area contributed by atoms with Crippen LogP contribution in [0.4, 0.5) is 10.2 Å². The van der Waals surface area contributed by atoms with Crippen molar-refractivity contribution in [2.45, 2.75) is 25.4 Å². The molecule has 4 aromatic rings. The van der Waals surface area contributed by atoms with Gasteiger partial charge in [0, 0.05) is 28.4 Å². The first-order chi connectivity index (χ1) is 15.0. The van der Waals surface area contributed by atoms with Crippen LogP contribution in [0.1, 0.15) is 24.1 Å². The van der Waals surface area contributed by atoms with E-state index in [1.807, 2.05) is 0 Å². The van der Waals surface area contributed by atoms with Gasteiger partial charge in [-0.15, -0.1) is 0 Å². The molecule has 0 saturated heterocycles. The van der Waals surface area contributed by atoms with Crippen LogP contribution in [0.3, 0.4) is 0 Å². The van der Waals surface area contributed by atoms with Gasteiger partial charge in [0.1, 0.15) is 17.3 Å². The number of benzene rings is 1. The largest absolute Gasteiger partial charge is 0.493 e. The van der Waals surface area contributed by atoms with Crippen molar-refractivity contribution in [3.05, 3.63) is 73.8 Å². The minimum atomic E-state index is -0.525. The SMILES string of the molecule is O=c1[nH]c(O)c(C=c2cnn3c(=NC4CC4)cc(NCc4cc(Cl)ccc4F)nc23)[nH]1. The van der Waals surface area contributed by atoms with Crippen LogP contribution in [0, 0.1) is 5.82 Å². The highest BCUT2D eigenvalue weighted by atomic mass is 35.5. The van der Waals surface area contributed by atoms with E-state index in [-0.39, 0.29) is 30.0 Å². The number of rotatable bonds is 5. The number of hydrogen-bond acceptors (Lipinski definition) is 6. The summed E-state index contributed by atoms with van der Waals surface area (Å²) in [5.41, 5.74) is 1.17. The minimum absolute atomic E-state index is 0.178. The molecule has 0 radical (unpaired) electrons. The molecule has 0 unspecified atom stereocenters. The Morgan fingerprint density at radius 2 is 2.19 bits per heavy atom. The van der Waals surface area contributed by atoms with Crippen LogP contribution in [-0.4, -0.2) is 35.7 Å². The van der Waals surface area contributed by atoms with Gasteiger partial charge in [0.15, 0.2) is 11.1 Å². The molecular weight excluding hydrogens is 425 g/mol. The van der Waals surface area contributed by atoms with E-state index < -0.39 is 5.69 Å². The number of H-pyrrole nitrogens is 2. The number of imidazole rings is 1. The van der Waals surface area contributed by atoms with Crippen molar-refractivity contribution in [2.24, 2.45) is 4.99 Å². The highest BCUT2D eigenvalue weighted by Crippen LogP contribution is 2.22. The van der Waals surface area contributed by atoms with Crippen LogP contribution in [-0.2, 0) is 6.54 Å². The molecule has 3 heterocycles. The molecule has 1 aliphatic carbocycles. The lowest BCUT2D eigenvalue weighted by atomic mass is 10.2. The summed E-state index contributed by atoms with van der Waals surface area (Å²) in [5.74, 6) is -0.169. The molecule has 5 rings (SSSR count). The first-order valence-electron chi connectivity index (χ1n) is 9.60. The van der Waals surface area contributed by atoms with Crippen LogP contribution in [0.25, 0.3) is 11.7 Å². The molecule has 0 atom stereocenters. The molecule has 0 aliphatic heterocycles. The molecule has 1 saturated carbocycles. The maximum absolute atomic E-state index is 14.1. The summed E-state index contributed by atoms with van der Waals surface area (Å²) in [6.45, 7) is 0.178. The van der Waals surface area contributed by atoms with Gasteiger partial charge in [0.05, 0.1) is 12.2 Å². The standard InChI is InChI=1S/C20H17ClFN7O2/c21-12-1-4-14(22)10(5-12)8-23-16-7-17(25-13-2-3-13)29-18(27-16)11(9-24-29)6-15-19(30)28-20(31)26-15/h1,4-7,9,13,23,30H,2-3,8H2,(H2,26,28,31). The maximum Gasteiger partial charge on any atom is 0.326 e. The van der Waals surface area contributed by atoms with Crippen LogP contribution in [0.5, 0.6) is 5.88 Å². The number of halogens is 2. The Bertz CT molecular complexity index is 1470. The Morgan fingerprint density at radius 3 is 2.94 bits per heavy atom. The quantitative estimate of drug-likeness (QED) is 0.373. The van der Waals surface area contributed by atoms with E-state index in [1.54, 1.807) is 28.9 Å². The summed E-state index contributed by atoms with van der Waals surface area (Å²) in [5, 5.41) is 18.3. The lowest BCUT2D eigenvalue weighted by Gasteiger charge is -2.08. The summed E-state index contributed by atoms with van der Waals surface area (Å²) in [6, 6.07) is 6.36. The number of nitrogens with zero attached hydrogens (tertiary/aromatic N) is 4. The number of aromatic amines is 2. The van der Waals surface area contributed by atoms with Crippen molar-refractivity contribution in [3.63, 3.8) is 0 Å². The van der Waals surface area contributed by atoms with E-state index in [0.717, 1.165) is 12.8 Å². The third-order valence-electron chi connectivity index (χ3n) is 4.84. The van der Waals surface area contributed by atoms with E-state index in [0.29, 0.717) is 32.8 Å². The molecule has 1 fully saturated rings. The molecule has 0 bridgehead atoms. The highest BCUT2D eigenvalue weighted by molar-refractivity contribution is 6.30. The van der Waals surface area contributed by atoms with Crippen molar-refractivity contribution in [2.75, 3.05) is 5.32 Å². The summed E-state index contributed by atoms with van der Waals surface area (Å²) in [6.07, 6.45) is 5.15. The van der Waals surface area contributed by atoms with E-state index >= 15 is 0 Å². The van der Waals surface area contributed by atoms with Crippen molar-refractivity contribution >= 4 is 29.1 Å². The van der Waals surface area contributed by atoms with Gasteiger partial charge in [-0.1, -0.05) is 11.6 Å². The third-order valence-corrected chi connectivity index (χ3v) is 5.08. The van der Waals surface area contributed by atoms with Gasteiger partial charge >= 0.3 is 5.69 Å². The van der Waals surface area contributed by atoms with E-state index in [1.165, 1.54) is 12.1 Å². The number of hydrogen-bond donors (Lipinski definition) is 4. The van der Waals surface area contributed by atoms with Crippen LogP contribution in [0.2, 0.25) is 5.02 Å². The van der Waals surface area contributed by atoms with E-state index in [2.05, 4.69) is 30.4 Å². The monoisotopic (exact) mass is 441 g/mol. The van der Waals surface area contributed by atoms with Gasteiger partial charge in [-0.25, -0.2) is 14.2 Å². The highest BCUT2D eigenvalue weighted by Gasteiger charge is 2.20. The molecular formula is C20H17ClFN7O2. The number of aromatic hydroxyl groups is 1. The Hall–Kier alpha value is -3.66. The number of anilines is 1. The molecule has 158 valence electrons. The van der Waals surface area contributed by atoms with Gasteiger partial charge in [-0.05, 0) is 37.1 Å². The molecule has 9 nitrogen and oxygen atoms in total. The normalized spacial score (nSPS) is 15.2. The molecule has 3 aromatic heterocycles. The number of nitrogens with one attached hydrogen (secondary N) is 3. The molecule has 11 heteroatoms. The van der Waals surface area contributed by atoms with Gasteiger partial charge in [0.2, 0.25) is 5.88 Å². The van der Waals surface area contributed by atoms with Crippen molar-refractivity contribution in [1.29, 1.82) is 0 Å². The van der Waals surface area contributed by atoms with Gasteiger partial charge in [-0.2, -0.15) is 9.61 Å². The second-order valence-electron chi connectivity index (χ2n) is 7.27. The number of aromatic nitrogens is 5. The zero-order valence-electron chi connectivity index (χ0n) is 16.1. The number of fused-ring (bicyclic) bond motifs is 1. The second kappa shape index (κ2) is 7.55. The second-order valence-corrected chi connectivity index (χ2v) is 7.71. The lowest BCUT2D eigenvalue weighted by molar-refractivity contribution is 0.454. The predicted octanol–water partition coefficient (Wildman–Crippen LogP) is 1.47. The summed E-state index contributed by atoms with van der Waals surface area (Å²) in [7, 11) is 0. The van der Waals surface area contributed by atoms with Crippen LogP contribution < -0.4 is 21.7 Å². The average Bonchev–Trinajstić information content (AvgIpc) is 3.37. The predicted molar refractivity (Wildman–Crippen MR) is 112 cm³/mol. The van der Waals surface area contributed by atoms with Gasteiger partial charge in [0.25, 0.3) is 0 Å². The summed E-state index contributed by atoms with van der Waals surface area (Å²) in [4.78, 5) is 25.5. The minimum Gasteiger partial charge on any atom is -0.493 e. The van der Waals surface area contributed by atoms with Gasteiger partial charge in [-0.3, -0.25) is 9.98 Å². The first-order valence-corrected chi connectivity index (χ1v) is 9.97. The third kappa shape index (κ3) is 4.02. The molecule has 1 aliphatic rings. The zero-order valence-corrected chi connectivity index (χ0v) is 16.8. The molecule has 4 N–H and O–H groups in total. The Labute approximate surface area is 178 Å². The lowest BCUT2D eigenvalue weighted by Crippen LogP contribution is -2.20. The Kier molecular flexibility index (Phi) is 4.70. The van der Waals surface area contributed by atoms with Crippen molar-refractivity contribution in [1.82, 2.24) is 24.6 Å². The van der Waals surface area contributed by atoms with Crippen molar-refractivity contribution < 1.29 is 9.50 Å². The zero-order chi connectivity index (χ0) is 21.5. The van der Waals surface area contributed by atoms with Crippen LogP contribution >= 0.6 is 11.6 Å². The fraction of sp³-hybridized carbons (Fsp3) is 0.200. The maximum atomic E-state index is 14.1. The smallest absolute Gasteiger partial charge is 0.326 e. The Balaban J connectivity index is 1.59. The van der Waals surface area contributed by atoms with E-state index in [9.17, 15) is 14.3 Å².